The van der Waals surface area contributed by atoms with E-state index in [4.69, 9.17) is 9.47 Å². The molecule has 1 N–H and O–H groups in total. The van der Waals surface area contributed by atoms with Gasteiger partial charge < -0.3 is 14.8 Å². The van der Waals surface area contributed by atoms with E-state index in [-0.39, 0.29) is 30.0 Å². The third-order valence-corrected chi connectivity index (χ3v) is 4.81. The van der Waals surface area contributed by atoms with Crippen molar-refractivity contribution in [3.8, 4) is 0 Å². The molecular weight excluding hydrogens is 424 g/mol. The van der Waals surface area contributed by atoms with E-state index in [9.17, 15) is 19.7 Å². The largest absolute Gasteiger partial charge is 0.458 e. The fourth-order valence-corrected chi connectivity index (χ4v) is 3.40. The van der Waals surface area contributed by atoms with Crippen LogP contribution in [0.3, 0.4) is 0 Å². The number of benzene rings is 1. The van der Waals surface area contributed by atoms with Crippen LogP contribution in [0.2, 0.25) is 0 Å². The molecule has 0 aliphatic carbocycles. The molecule has 8 nitrogen and oxygen atoms in total. The second-order valence-corrected chi connectivity index (χ2v) is 7.57. The highest BCUT2D eigenvalue weighted by Gasteiger charge is 2.38. The van der Waals surface area contributed by atoms with Gasteiger partial charge in [0.05, 0.1) is 22.0 Å². The topological polar surface area (TPSA) is 108 Å². The van der Waals surface area contributed by atoms with Crippen LogP contribution in [0.1, 0.15) is 39.2 Å². The molecule has 0 saturated carbocycles. The van der Waals surface area contributed by atoms with Crippen molar-refractivity contribution in [2.75, 3.05) is 13.2 Å². The van der Waals surface area contributed by atoms with Gasteiger partial charge in [0.2, 0.25) is 0 Å². The molecule has 1 heterocycles. The second-order valence-electron chi connectivity index (χ2n) is 7.57. The third kappa shape index (κ3) is 6.52. The first-order chi connectivity index (χ1) is 15.7. The molecule has 1 atom stereocenters. The normalized spacial score (nSPS) is 16.2. The number of dihydropyridines is 1. The van der Waals surface area contributed by atoms with Crippen molar-refractivity contribution in [2.45, 2.75) is 33.6 Å². The second kappa shape index (κ2) is 11.6. The fraction of sp³-hybridized carbons (Fsp3) is 0.280. The Balaban J connectivity index is 2.54. The lowest BCUT2D eigenvalue weighted by Crippen LogP contribution is -2.32. The maximum atomic E-state index is 13.1. The number of ether oxygens (including phenoxy) is 2. The number of nitrogens with one attached hydrogen (secondary N) is 1. The van der Waals surface area contributed by atoms with E-state index in [0.29, 0.717) is 22.5 Å². The minimum absolute atomic E-state index is 0.00941. The molecule has 33 heavy (non-hydrogen) atoms. The summed E-state index contributed by atoms with van der Waals surface area (Å²) >= 11 is 0. The Morgan fingerprint density at radius 1 is 1.15 bits per heavy atom. The van der Waals surface area contributed by atoms with Gasteiger partial charge in [-0.3, -0.25) is 10.1 Å². The molecule has 0 amide bonds. The van der Waals surface area contributed by atoms with Crippen LogP contribution in [0, 0.1) is 10.1 Å². The highest BCUT2D eigenvalue weighted by Crippen LogP contribution is 2.40. The van der Waals surface area contributed by atoms with Gasteiger partial charge in [0.1, 0.15) is 13.2 Å². The number of hydrogen-bond acceptors (Lipinski definition) is 7. The molecule has 0 saturated heterocycles. The summed E-state index contributed by atoms with van der Waals surface area (Å²) in [4.78, 5) is 37.0. The molecule has 1 unspecified atom stereocenters. The monoisotopic (exact) mass is 452 g/mol. The average Bonchev–Trinajstić information content (AvgIpc) is 2.76. The molecular formula is C25H28N2O6. The van der Waals surface area contributed by atoms with Crippen molar-refractivity contribution in [1.82, 2.24) is 5.32 Å². The molecule has 1 aliphatic rings. The summed E-state index contributed by atoms with van der Waals surface area (Å²) in [6.45, 7) is 10.7. The number of nitrogens with zero attached hydrogens (tertiary/aromatic N) is 1. The summed E-state index contributed by atoms with van der Waals surface area (Å²) in [6.07, 6.45) is 7.06. The lowest BCUT2D eigenvalue weighted by molar-refractivity contribution is -0.384. The Kier molecular flexibility index (Phi) is 8.91. The number of esters is 2. The van der Waals surface area contributed by atoms with Gasteiger partial charge in [-0.15, -0.1) is 0 Å². The molecule has 0 spiro atoms. The molecule has 1 aliphatic heterocycles. The smallest absolute Gasteiger partial charge is 0.337 e. The third-order valence-electron chi connectivity index (χ3n) is 4.81. The van der Waals surface area contributed by atoms with Crippen molar-refractivity contribution in [3.05, 3.63) is 98.9 Å². The minimum Gasteiger partial charge on any atom is -0.458 e. The molecule has 0 radical (unpaired) electrons. The van der Waals surface area contributed by atoms with Gasteiger partial charge >= 0.3 is 11.9 Å². The lowest BCUT2D eigenvalue weighted by Gasteiger charge is -2.30. The SMILES string of the molecule is C=C(C)COC(=O)C1=C(C)NC(C)=C(C(=O)OCC=CC=CC)C1c1cccc([N+](=O)[O-])c1. The Morgan fingerprint density at radius 2 is 1.79 bits per heavy atom. The van der Waals surface area contributed by atoms with E-state index in [2.05, 4.69) is 11.9 Å². The first-order valence-electron chi connectivity index (χ1n) is 10.4. The zero-order valence-corrected chi connectivity index (χ0v) is 19.2. The summed E-state index contributed by atoms with van der Waals surface area (Å²) < 4.78 is 10.8. The first-order valence-corrected chi connectivity index (χ1v) is 10.4. The van der Waals surface area contributed by atoms with Gasteiger partial charge in [0, 0.05) is 23.5 Å². The fourth-order valence-electron chi connectivity index (χ4n) is 3.40. The van der Waals surface area contributed by atoms with Crippen LogP contribution < -0.4 is 5.32 Å². The van der Waals surface area contributed by atoms with E-state index >= 15 is 0 Å². The van der Waals surface area contributed by atoms with Crippen LogP contribution >= 0.6 is 0 Å². The van der Waals surface area contributed by atoms with Crippen molar-refractivity contribution < 1.29 is 24.0 Å². The Morgan fingerprint density at radius 3 is 2.36 bits per heavy atom. The van der Waals surface area contributed by atoms with Gasteiger partial charge in [-0.25, -0.2) is 9.59 Å². The van der Waals surface area contributed by atoms with Crippen LogP contribution in [0.25, 0.3) is 0 Å². The van der Waals surface area contributed by atoms with Gasteiger partial charge in [0.15, 0.2) is 0 Å². The number of nitro benzene ring substituents is 1. The number of rotatable bonds is 9. The van der Waals surface area contributed by atoms with Gasteiger partial charge in [-0.05, 0) is 44.9 Å². The van der Waals surface area contributed by atoms with E-state index in [1.807, 2.05) is 13.0 Å². The van der Waals surface area contributed by atoms with Crippen LogP contribution in [0.15, 0.2) is 83.3 Å². The first kappa shape index (κ1) is 25.3. The molecule has 1 aromatic rings. The number of allylic oxidation sites excluding steroid dienone is 5. The molecule has 174 valence electrons. The van der Waals surface area contributed by atoms with Crippen molar-refractivity contribution in [2.24, 2.45) is 0 Å². The summed E-state index contributed by atoms with van der Waals surface area (Å²) in [7, 11) is 0. The van der Waals surface area contributed by atoms with E-state index in [0.717, 1.165) is 0 Å². The zero-order valence-electron chi connectivity index (χ0n) is 19.2. The van der Waals surface area contributed by atoms with Crippen LogP contribution in [-0.4, -0.2) is 30.1 Å². The van der Waals surface area contributed by atoms with Crippen molar-refractivity contribution >= 4 is 17.6 Å². The summed E-state index contributed by atoms with van der Waals surface area (Å²) in [5.74, 6) is -2.19. The number of non-ortho nitro benzene ring substituents is 1. The van der Waals surface area contributed by atoms with Crippen LogP contribution in [0.5, 0.6) is 0 Å². The quantitative estimate of drug-likeness (QED) is 0.191. The Bertz CT molecular complexity index is 1080. The standard InChI is InChI=1S/C25H28N2O6/c1-6-7-8-9-13-32-24(28)21-17(4)26-18(5)22(25(29)33-15-16(2)3)23(21)19-11-10-12-20(14-19)27(30)31/h6-12,14,23,26H,2,13,15H2,1,3-5H3. The van der Waals surface area contributed by atoms with Crippen molar-refractivity contribution in [3.63, 3.8) is 0 Å². The highest BCUT2D eigenvalue weighted by atomic mass is 16.6. The Labute approximate surface area is 193 Å². The maximum absolute atomic E-state index is 13.1. The highest BCUT2D eigenvalue weighted by molar-refractivity contribution is 6.00. The average molecular weight is 453 g/mol. The summed E-state index contributed by atoms with van der Waals surface area (Å²) in [5, 5.41) is 14.4. The summed E-state index contributed by atoms with van der Waals surface area (Å²) in [5.41, 5.74) is 2.24. The predicted molar refractivity (Wildman–Crippen MR) is 125 cm³/mol. The van der Waals surface area contributed by atoms with Crippen LogP contribution in [0.4, 0.5) is 5.69 Å². The molecule has 0 fully saturated rings. The minimum atomic E-state index is -0.907. The molecule has 0 bridgehead atoms. The lowest BCUT2D eigenvalue weighted by atomic mass is 9.80. The molecule has 2 rings (SSSR count). The van der Waals surface area contributed by atoms with Gasteiger partial charge in [-0.1, -0.05) is 36.9 Å². The maximum Gasteiger partial charge on any atom is 0.337 e. The molecule has 1 aromatic carbocycles. The van der Waals surface area contributed by atoms with Crippen molar-refractivity contribution in [1.29, 1.82) is 0 Å². The molecule has 0 aromatic heterocycles. The van der Waals surface area contributed by atoms with E-state index in [1.54, 1.807) is 45.1 Å². The molecule has 8 heteroatoms. The Hall–Kier alpha value is -3.94. The zero-order chi connectivity index (χ0) is 24.5. The van der Waals surface area contributed by atoms with Gasteiger partial charge in [0.25, 0.3) is 5.69 Å². The number of hydrogen-bond donors (Lipinski definition) is 1. The number of carbonyl (C=O) groups is 2. The van der Waals surface area contributed by atoms with E-state index in [1.165, 1.54) is 18.2 Å². The van der Waals surface area contributed by atoms with E-state index < -0.39 is 22.8 Å². The predicted octanol–water partition coefficient (Wildman–Crippen LogP) is 4.62. The number of carbonyl (C=O) groups excluding carboxylic acids is 2. The summed E-state index contributed by atoms with van der Waals surface area (Å²) in [6, 6.07) is 5.84. The number of nitro groups is 1. The van der Waals surface area contributed by atoms with Crippen LogP contribution in [-0.2, 0) is 19.1 Å². The van der Waals surface area contributed by atoms with Gasteiger partial charge in [-0.2, -0.15) is 0 Å².